The van der Waals surface area contributed by atoms with Gasteiger partial charge in [-0.25, -0.2) is 8.78 Å². The standard InChI is InChI=1S/C24H25F2N3/c25-19-3-5-22-18(12-19)13-24(28-22)16-7-10-29(11-8-16)9-1-2-17-15-27-23-6-4-20(26)14-21(17)23/h3-6,12-16,27-28H,1-2,7-11H2. The Labute approximate surface area is 168 Å². The molecule has 5 heteroatoms. The maximum absolute atomic E-state index is 13.5. The van der Waals surface area contributed by atoms with Gasteiger partial charge in [0.2, 0.25) is 0 Å². The van der Waals surface area contributed by atoms with Crippen LogP contribution in [0.2, 0.25) is 0 Å². The summed E-state index contributed by atoms with van der Waals surface area (Å²) in [4.78, 5) is 9.23. The van der Waals surface area contributed by atoms with Gasteiger partial charge in [-0.1, -0.05) is 0 Å². The summed E-state index contributed by atoms with van der Waals surface area (Å²) >= 11 is 0. The predicted molar refractivity (Wildman–Crippen MR) is 113 cm³/mol. The molecule has 0 bridgehead atoms. The molecule has 1 saturated heterocycles. The molecule has 1 aliphatic rings. The van der Waals surface area contributed by atoms with Crippen molar-refractivity contribution in [3.63, 3.8) is 0 Å². The Morgan fingerprint density at radius 2 is 1.69 bits per heavy atom. The number of likely N-dealkylation sites (tertiary alicyclic amines) is 1. The van der Waals surface area contributed by atoms with E-state index in [4.69, 9.17) is 0 Å². The van der Waals surface area contributed by atoms with Gasteiger partial charge in [-0.05, 0) is 93.3 Å². The maximum Gasteiger partial charge on any atom is 0.123 e. The van der Waals surface area contributed by atoms with E-state index in [9.17, 15) is 8.78 Å². The zero-order valence-electron chi connectivity index (χ0n) is 16.3. The van der Waals surface area contributed by atoms with E-state index in [1.807, 2.05) is 12.3 Å². The minimum absolute atomic E-state index is 0.180. The summed E-state index contributed by atoms with van der Waals surface area (Å²) in [7, 11) is 0. The van der Waals surface area contributed by atoms with Crippen molar-refractivity contribution >= 4 is 21.8 Å². The predicted octanol–water partition coefficient (Wildman–Crippen LogP) is 5.74. The van der Waals surface area contributed by atoms with E-state index in [2.05, 4.69) is 20.9 Å². The number of aryl methyl sites for hydroxylation is 1. The Balaban J connectivity index is 1.15. The number of rotatable bonds is 5. The second-order valence-electron chi connectivity index (χ2n) is 8.18. The molecule has 4 aromatic rings. The number of aromatic amines is 2. The second-order valence-corrected chi connectivity index (χ2v) is 8.18. The highest BCUT2D eigenvalue weighted by Gasteiger charge is 2.22. The summed E-state index contributed by atoms with van der Waals surface area (Å²) < 4.78 is 27.0. The van der Waals surface area contributed by atoms with Gasteiger partial charge in [0.15, 0.2) is 0 Å². The first-order valence-corrected chi connectivity index (χ1v) is 10.4. The van der Waals surface area contributed by atoms with Crippen LogP contribution in [0.5, 0.6) is 0 Å². The molecule has 2 aromatic carbocycles. The molecule has 1 fully saturated rings. The number of hydrogen-bond donors (Lipinski definition) is 2. The largest absolute Gasteiger partial charge is 0.361 e. The third-order valence-corrected chi connectivity index (χ3v) is 6.28. The van der Waals surface area contributed by atoms with Crippen LogP contribution in [0.4, 0.5) is 8.78 Å². The lowest BCUT2D eigenvalue weighted by Crippen LogP contribution is -2.33. The fraction of sp³-hybridized carbons (Fsp3) is 0.333. The van der Waals surface area contributed by atoms with E-state index >= 15 is 0 Å². The number of halogens is 2. The van der Waals surface area contributed by atoms with Crippen LogP contribution in [0.25, 0.3) is 21.8 Å². The van der Waals surface area contributed by atoms with Gasteiger partial charge < -0.3 is 14.9 Å². The van der Waals surface area contributed by atoms with E-state index in [-0.39, 0.29) is 11.6 Å². The molecule has 29 heavy (non-hydrogen) atoms. The summed E-state index contributed by atoms with van der Waals surface area (Å²) in [6.45, 7) is 3.22. The molecular formula is C24H25F2N3. The molecule has 0 radical (unpaired) electrons. The first-order valence-electron chi connectivity index (χ1n) is 10.4. The van der Waals surface area contributed by atoms with Crippen LogP contribution in [0, 0.1) is 11.6 Å². The summed E-state index contributed by atoms with van der Waals surface area (Å²) in [5.74, 6) is 0.147. The topological polar surface area (TPSA) is 34.8 Å². The van der Waals surface area contributed by atoms with Crippen molar-refractivity contribution in [1.29, 1.82) is 0 Å². The van der Waals surface area contributed by atoms with Crippen LogP contribution in [-0.4, -0.2) is 34.5 Å². The van der Waals surface area contributed by atoms with E-state index in [1.165, 1.54) is 23.4 Å². The van der Waals surface area contributed by atoms with Crippen LogP contribution < -0.4 is 0 Å². The lowest BCUT2D eigenvalue weighted by Gasteiger charge is -2.31. The van der Waals surface area contributed by atoms with Crippen molar-refractivity contribution in [2.24, 2.45) is 0 Å². The molecule has 150 valence electrons. The molecule has 2 aromatic heterocycles. The van der Waals surface area contributed by atoms with Crippen LogP contribution in [0.15, 0.2) is 48.7 Å². The fourth-order valence-corrected chi connectivity index (χ4v) is 4.66. The van der Waals surface area contributed by atoms with Gasteiger partial charge in [-0.2, -0.15) is 0 Å². The number of nitrogens with zero attached hydrogens (tertiary/aromatic N) is 1. The van der Waals surface area contributed by atoms with E-state index in [1.54, 1.807) is 18.2 Å². The molecule has 3 nitrogen and oxygen atoms in total. The van der Waals surface area contributed by atoms with Crippen LogP contribution in [-0.2, 0) is 6.42 Å². The van der Waals surface area contributed by atoms with Gasteiger partial charge in [-0.3, -0.25) is 0 Å². The molecule has 3 heterocycles. The summed E-state index contributed by atoms with van der Waals surface area (Å²) in [6, 6.07) is 12.0. The number of H-pyrrole nitrogens is 2. The lowest BCUT2D eigenvalue weighted by molar-refractivity contribution is 0.209. The van der Waals surface area contributed by atoms with Crippen molar-refractivity contribution in [2.45, 2.75) is 31.6 Å². The van der Waals surface area contributed by atoms with E-state index in [0.717, 1.165) is 67.1 Å². The Hall–Kier alpha value is -2.66. The Bertz CT molecular complexity index is 1140. The minimum atomic E-state index is -0.184. The Morgan fingerprint density at radius 1 is 0.931 bits per heavy atom. The molecule has 5 rings (SSSR count). The zero-order chi connectivity index (χ0) is 19.8. The number of hydrogen-bond acceptors (Lipinski definition) is 1. The lowest BCUT2D eigenvalue weighted by atomic mass is 9.93. The quantitative estimate of drug-likeness (QED) is 0.446. The van der Waals surface area contributed by atoms with Crippen molar-refractivity contribution < 1.29 is 8.78 Å². The average Bonchev–Trinajstić information content (AvgIpc) is 3.32. The van der Waals surface area contributed by atoms with Gasteiger partial charge in [0.25, 0.3) is 0 Å². The number of nitrogens with one attached hydrogen (secondary N) is 2. The normalized spacial score (nSPS) is 16.2. The molecule has 0 saturated carbocycles. The molecule has 0 aliphatic carbocycles. The molecule has 2 N–H and O–H groups in total. The van der Waals surface area contributed by atoms with Gasteiger partial charge in [0, 0.05) is 39.6 Å². The van der Waals surface area contributed by atoms with Gasteiger partial charge in [0.05, 0.1) is 0 Å². The van der Waals surface area contributed by atoms with Crippen molar-refractivity contribution in [2.75, 3.05) is 19.6 Å². The second kappa shape index (κ2) is 7.64. The highest BCUT2D eigenvalue weighted by atomic mass is 19.1. The average molecular weight is 393 g/mol. The zero-order valence-corrected chi connectivity index (χ0v) is 16.3. The third kappa shape index (κ3) is 3.79. The third-order valence-electron chi connectivity index (χ3n) is 6.28. The number of fused-ring (bicyclic) bond motifs is 2. The number of piperidine rings is 1. The van der Waals surface area contributed by atoms with Crippen molar-refractivity contribution in [1.82, 2.24) is 14.9 Å². The van der Waals surface area contributed by atoms with E-state index < -0.39 is 0 Å². The smallest absolute Gasteiger partial charge is 0.123 e. The Morgan fingerprint density at radius 3 is 2.52 bits per heavy atom. The fourth-order valence-electron chi connectivity index (χ4n) is 4.66. The number of aromatic nitrogens is 2. The van der Waals surface area contributed by atoms with Crippen LogP contribution >= 0.6 is 0 Å². The first kappa shape index (κ1) is 18.4. The number of benzene rings is 2. The van der Waals surface area contributed by atoms with Gasteiger partial charge >= 0.3 is 0 Å². The SMILES string of the molecule is Fc1ccc2[nH]c(C3CCN(CCCc4c[nH]c5ccc(F)cc45)CC3)cc2c1. The minimum Gasteiger partial charge on any atom is -0.361 e. The highest BCUT2D eigenvalue weighted by molar-refractivity contribution is 5.83. The molecule has 0 unspecified atom stereocenters. The molecular weight excluding hydrogens is 368 g/mol. The van der Waals surface area contributed by atoms with Crippen molar-refractivity contribution in [3.8, 4) is 0 Å². The summed E-state index contributed by atoms with van der Waals surface area (Å²) in [5, 5.41) is 1.96. The highest BCUT2D eigenvalue weighted by Crippen LogP contribution is 2.30. The summed E-state index contributed by atoms with van der Waals surface area (Å²) in [5.41, 5.74) is 4.44. The van der Waals surface area contributed by atoms with E-state index in [0.29, 0.717) is 5.92 Å². The van der Waals surface area contributed by atoms with Crippen molar-refractivity contribution in [3.05, 3.63) is 71.6 Å². The van der Waals surface area contributed by atoms with Gasteiger partial charge in [-0.15, -0.1) is 0 Å². The molecule has 0 spiro atoms. The first-order chi connectivity index (χ1) is 14.2. The molecule has 1 aliphatic heterocycles. The van der Waals surface area contributed by atoms with Crippen LogP contribution in [0.3, 0.4) is 0 Å². The molecule has 0 amide bonds. The summed E-state index contributed by atoms with van der Waals surface area (Å²) in [6.07, 6.45) is 6.27. The molecule has 0 atom stereocenters. The monoisotopic (exact) mass is 393 g/mol. The van der Waals surface area contributed by atoms with Gasteiger partial charge in [0.1, 0.15) is 11.6 Å². The van der Waals surface area contributed by atoms with Crippen LogP contribution in [0.1, 0.15) is 36.4 Å². The maximum atomic E-state index is 13.5. The Kier molecular flexibility index (Phi) is 4.84.